The molecule has 30 heavy (non-hydrogen) atoms. The minimum Gasteiger partial charge on any atom is -0.326 e. The summed E-state index contributed by atoms with van der Waals surface area (Å²) in [6.07, 6.45) is 3.21. The van der Waals surface area contributed by atoms with Gasteiger partial charge in [0.05, 0.1) is 10.2 Å². The van der Waals surface area contributed by atoms with Crippen molar-refractivity contribution >= 4 is 50.8 Å². The fraction of sp³-hybridized carbons (Fsp3) is 0.0417. The van der Waals surface area contributed by atoms with E-state index in [1.165, 1.54) is 13.0 Å². The average Bonchev–Trinajstić information content (AvgIpc) is 3.18. The van der Waals surface area contributed by atoms with Crippen LogP contribution in [0.15, 0.2) is 78.9 Å². The highest BCUT2D eigenvalue weighted by Gasteiger charge is 2.06. The minimum atomic E-state index is -0.214. The van der Waals surface area contributed by atoms with Crippen LogP contribution in [0.4, 0.5) is 11.4 Å². The van der Waals surface area contributed by atoms with Gasteiger partial charge in [-0.15, -0.1) is 11.3 Å². The Morgan fingerprint density at radius 1 is 0.867 bits per heavy atom. The number of carbonyl (C=O) groups is 2. The van der Waals surface area contributed by atoms with E-state index < -0.39 is 0 Å². The molecule has 1 heterocycles. The number of benzene rings is 3. The second-order valence-electron chi connectivity index (χ2n) is 6.69. The number of fused-ring (bicyclic) bond motifs is 1. The maximum absolute atomic E-state index is 12.2. The van der Waals surface area contributed by atoms with Gasteiger partial charge in [0, 0.05) is 29.9 Å². The van der Waals surface area contributed by atoms with E-state index in [-0.39, 0.29) is 11.8 Å². The summed E-state index contributed by atoms with van der Waals surface area (Å²) in [5.74, 6) is -0.333. The van der Waals surface area contributed by atoms with Crippen molar-refractivity contribution in [3.05, 3.63) is 84.4 Å². The van der Waals surface area contributed by atoms with Crippen LogP contribution in [0.2, 0.25) is 0 Å². The first kappa shape index (κ1) is 19.5. The number of amides is 2. The SMILES string of the molecule is CC(=O)Nc1ccc(/C=C/C(=O)Nc2ccc(-c3nc4ccccc4s3)cc2)cc1. The summed E-state index contributed by atoms with van der Waals surface area (Å²) in [7, 11) is 0. The third-order valence-corrected chi connectivity index (χ3v) is 5.44. The van der Waals surface area contributed by atoms with Crippen LogP contribution >= 0.6 is 11.3 Å². The topological polar surface area (TPSA) is 71.1 Å². The number of nitrogens with one attached hydrogen (secondary N) is 2. The lowest BCUT2D eigenvalue weighted by atomic mass is 10.2. The van der Waals surface area contributed by atoms with Gasteiger partial charge in [-0.2, -0.15) is 0 Å². The Kier molecular flexibility index (Phi) is 5.68. The number of hydrogen-bond acceptors (Lipinski definition) is 4. The standard InChI is InChI=1S/C24H19N3O2S/c1-16(28)25-19-11-6-17(7-12-19)8-15-23(29)26-20-13-9-18(10-14-20)24-27-21-4-2-3-5-22(21)30-24/h2-15H,1H3,(H,25,28)(H,26,29)/b15-8+. The molecule has 0 radical (unpaired) electrons. The summed E-state index contributed by atoms with van der Waals surface area (Å²) in [4.78, 5) is 27.9. The molecule has 0 aliphatic heterocycles. The van der Waals surface area contributed by atoms with E-state index in [2.05, 4.69) is 21.7 Å². The van der Waals surface area contributed by atoms with Crippen LogP contribution < -0.4 is 10.6 Å². The van der Waals surface area contributed by atoms with E-state index in [0.29, 0.717) is 0 Å². The zero-order valence-corrected chi connectivity index (χ0v) is 17.1. The summed E-state index contributed by atoms with van der Waals surface area (Å²) < 4.78 is 1.15. The molecule has 6 heteroatoms. The molecule has 0 saturated heterocycles. The first-order valence-electron chi connectivity index (χ1n) is 9.39. The van der Waals surface area contributed by atoms with E-state index in [1.807, 2.05) is 54.6 Å². The van der Waals surface area contributed by atoms with Crippen LogP contribution in [0.3, 0.4) is 0 Å². The Hall–Kier alpha value is -3.77. The number of rotatable bonds is 5. The predicted molar refractivity (Wildman–Crippen MR) is 123 cm³/mol. The predicted octanol–water partition coefficient (Wildman–Crippen LogP) is 5.57. The van der Waals surface area contributed by atoms with E-state index in [4.69, 9.17) is 0 Å². The fourth-order valence-corrected chi connectivity index (χ4v) is 3.90. The van der Waals surface area contributed by atoms with Crippen molar-refractivity contribution in [3.63, 3.8) is 0 Å². The molecule has 0 aliphatic carbocycles. The van der Waals surface area contributed by atoms with Gasteiger partial charge in [0.25, 0.3) is 0 Å². The Morgan fingerprint density at radius 3 is 2.23 bits per heavy atom. The van der Waals surface area contributed by atoms with Crippen molar-refractivity contribution in [2.45, 2.75) is 6.92 Å². The molecule has 4 aromatic rings. The van der Waals surface area contributed by atoms with Crippen LogP contribution in [0, 0.1) is 0 Å². The summed E-state index contributed by atoms with van der Waals surface area (Å²) in [6, 6.07) is 23.0. The van der Waals surface area contributed by atoms with Crippen LogP contribution in [-0.2, 0) is 9.59 Å². The molecule has 3 aromatic carbocycles. The molecule has 2 N–H and O–H groups in total. The summed E-state index contributed by atoms with van der Waals surface area (Å²) in [5, 5.41) is 6.52. The third-order valence-electron chi connectivity index (χ3n) is 4.35. The molecule has 0 saturated carbocycles. The first-order valence-corrected chi connectivity index (χ1v) is 10.2. The molecule has 2 amide bonds. The molecule has 4 rings (SSSR count). The minimum absolute atomic E-state index is 0.119. The third kappa shape index (κ3) is 4.79. The van der Waals surface area contributed by atoms with Crippen molar-refractivity contribution in [2.24, 2.45) is 0 Å². The van der Waals surface area contributed by atoms with Gasteiger partial charge in [-0.05, 0) is 60.2 Å². The van der Waals surface area contributed by atoms with Gasteiger partial charge < -0.3 is 10.6 Å². The monoisotopic (exact) mass is 413 g/mol. The lowest BCUT2D eigenvalue weighted by Crippen LogP contribution is -2.07. The van der Waals surface area contributed by atoms with E-state index in [9.17, 15) is 9.59 Å². The van der Waals surface area contributed by atoms with E-state index in [0.717, 1.165) is 37.7 Å². The largest absolute Gasteiger partial charge is 0.326 e. The maximum atomic E-state index is 12.2. The van der Waals surface area contributed by atoms with Crippen LogP contribution in [0.5, 0.6) is 0 Å². The maximum Gasteiger partial charge on any atom is 0.248 e. The number of aromatic nitrogens is 1. The second-order valence-corrected chi connectivity index (χ2v) is 7.72. The van der Waals surface area contributed by atoms with Gasteiger partial charge in [-0.25, -0.2) is 4.98 Å². The first-order chi connectivity index (χ1) is 14.6. The lowest BCUT2D eigenvalue weighted by Gasteiger charge is -2.04. The summed E-state index contributed by atoms with van der Waals surface area (Å²) in [6.45, 7) is 1.46. The normalized spacial score (nSPS) is 11.0. The van der Waals surface area contributed by atoms with Crippen LogP contribution in [0.1, 0.15) is 12.5 Å². The molecular formula is C24H19N3O2S. The molecule has 0 unspecified atom stereocenters. The Morgan fingerprint density at radius 2 is 1.53 bits per heavy atom. The molecule has 0 fully saturated rings. The molecule has 0 spiro atoms. The Balaban J connectivity index is 1.38. The lowest BCUT2D eigenvalue weighted by molar-refractivity contribution is -0.114. The van der Waals surface area contributed by atoms with Crippen molar-refractivity contribution in [1.29, 1.82) is 0 Å². The van der Waals surface area contributed by atoms with Crippen LogP contribution in [-0.4, -0.2) is 16.8 Å². The van der Waals surface area contributed by atoms with Crippen LogP contribution in [0.25, 0.3) is 26.9 Å². The molecule has 1 aromatic heterocycles. The highest BCUT2D eigenvalue weighted by molar-refractivity contribution is 7.21. The zero-order chi connectivity index (χ0) is 20.9. The molecule has 148 valence electrons. The molecule has 0 aliphatic rings. The van der Waals surface area contributed by atoms with E-state index in [1.54, 1.807) is 29.5 Å². The number of carbonyl (C=O) groups excluding carboxylic acids is 2. The van der Waals surface area contributed by atoms with Gasteiger partial charge in [0.1, 0.15) is 5.01 Å². The highest BCUT2D eigenvalue weighted by Crippen LogP contribution is 2.30. The van der Waals surface area contributed by atoms with Gasteiger partial charge in [-0.3, -0.25) is 9.59 Å². The molecule has 0 bridgehead atoms. The number of nitrogens with zero attached hydrogens (tertiary/aromatic N) is 1. The van der Waals surface area contributed by atoms with Gasteiger partial charge in [0.15, 0.2) is 0 Å². The van der Waals surface area contributed by atoms with E-state index >= 15 is 0 Å². The quantitative estimate of drug-likeness (QED) is 0.420. The van der Waals surface area contributed by atoms with Crippen molar-refractivity contribution < 1.29 is 9.59 Å². The Labute approximate surface area is 178 Å². The average molecular weight is 414 g/mol. The number of hydrogen-bond donors (Lipinski definition) is 2. The van der Waals surface area contributed by atoms with Gasteiger partial charge >= 0.3 is 0 Å². The Bertz CT molecular complexity index is 1190. The van der Waals surface area contributed by atoms with Gasteiger partial charge in [-0.1, -0.05) is 24.3 Å². The smallest absolute Gasteiger partial charge is 0.248 e. The molecule has 0 atom stereocenters. The molecular weight excluding hydrogens is 394 g/mol. The highest BCUT2D eigenvalue weighted by atomic mass is 32.1. The number of thiazole rings is 1. The number of anilines is 2. The molecule has 5 nitrogen and oxygen atoms in total. The second kappa shape index (κ2) is 8.71. The summed E-state index contributed by atoms with van der Waals surface area (Å²) >= 11 is 1.65. The fourth-order valence-electron chi connectivity index (χ4n) is 2.93. The van der Waals surface area contributed by atoms with Crippen molar-refractivity contribution in [3.8, 4) is 10.6 Å². The van der Waals surface area contributed by atoms with Gasteiger partial charge in [0.2, 0.25) is 11.8 Å². The summed E-state index contributed by atoms with van der Waals surface area (Å²) in [5.41, 5.74) is 4.31. The van der Waals surface area contributed by atoms with Crippen molar-refractivity contribution in [1.82, 2.24) is 4.98 Å². The number of para-hydroxylation sites is 1. The van der Waals surface area contributed by atoms with Crippen molar-refractivity contribution in [2.75, 3.05) is 10.6 Å². The zero-order valence-electron chi connectivity index (χ0n) is 16.3.